The third-order valence-electron chi connectivity index (χ3n) is 3.79. The Hall–Kier alpha value is -1.89. The van der Waals surface area contributed by atoms with Crippen LogP contribution in [0.2, 0.25) is 0 Å². The number of anilines is 2. The molecule has 0 saturated heterocycles. The third kappa shape index (κ3) is 6.34. The molecule has 0 fully saturated rings. The van der Waals surface area contributed by atoms with Crippen LogP contribution in [0.3, 0.4) is 0 Å². The van der Waals surface area contributed by atoms with Crippen LogP contribution in [0, 0.1) is 5.92 Å². The van der Waals surface area contributed by atoms with Crippen molar-refractivity contribution in [3.05, 3.63) is 28.8 Å². The molecule has 27 heavy (non-hydrogen) atoms. The zero-order valence-electron chi connectivity index (χ0n) is 16.5. The number of carbonyl (C=O) groups is 1. The molecule has 148 valence electrons. The summed E-state index contributed by atoms with van der Waals surface area (Å²) in [5.41, 5.74) is 6.73. The molecule has 2 aromatic rings. The minimum absolute atomic E-state index is 0.170. The second kappa shape index (κ2) is 9.35. The van der Waals surface area contributed by atoms with Crippen molar-refractivity contribution in [2.75, 3.05) is 12.4 Å². The Bertz CT molecular complexity index is 757. The van der Waals surface area contributed by atoms with E-state index in [4.69, 9.17) is 15.2 Å². The summed E-state index contributed by atoms with van der Waals surface area (Å²) >= 11 is -0.170. The van der Waals surface area contributed by atoms with Gasteiger partial charge in [0.05, 0.1) is 0 Å². The van der Waals surface area contributed by atoms with Gasteiger partial charge in [0, 0.05) is 0 Å². The summed E-state index contributed by atoms with van der Waals surface area (Å²) in [6.07, 6.45) is 1.50. The number of methoxy groups -OCH3 is 1. The molecule has 0 aliphatic carbocycles. The quantitative estimate of drug-likeness (QED) is 0.482. The van der Waals surface area contributed by atoms with E-state index in [-0.39, 0.29) is 20.5 Å². The molecule has 0 spiro atoms. The average Bonchev–Trinajstić information content (AvgIpc) is 3.06. The van der Waals surface area contributed by atoms with Crippen molar-refractivity contribution >= 4 is 30.9 Å². The van der Waals surface area contributed by atoms with Crippen LogP contribution in [0.4, 0.5) is 10.4 Å². The van der Waals surface area contributed by atoms with E-state index in [1.54, 1.807) is 7.11 Å². The average molecular weight is 439 g/mol. The normalized spacial score (nSPS) is 13.7. The predicted molar refractivity (Wildman–Crippen MR) is 106 cm³/mol. The maximum absolute atomic E-state index is 12.6. The first-order valence-corrected chi connectivity index (χ1v) is 10.7. The molecule has 2 rings (SSSR count). The molecule has 1 aromatic carbocycles. The zero-order chi connectivity index (χ0) is 20.0. The number of hydrogen-bond acceptors (Lipinski definition) is 7. The van der Waals surface area contributed by atoms with Crippen molar-refractivity contribution < 1.29 is 14.3 Å². The van der Waals surface area contributed by atoms with Gasteiger partial charge in [0.2, 0.25) is 0 Å². The van der Waals surface area contributed by atoms with E-state index >= 15 is 0 Å². The molecule has 0 aliphatic rings. The van der Waals surface area contributed by atoms with Crippen LogP contribution in [0.25, 0.3) is 0 Å². The number of nitrogens with one attached hydrogen (secondary N) is 1. The van der Waals surface area contributed by atoms with E-state index in [1.807, 2.05) is 52.0 Å². The van der Waals surface area contributed by atoms with Crippen LogP contribution in [-0.4, -0.2) is 43.4 Å². The first kappa shape index (κ1) is 21.4. The number of aromatic nitrogens is 2. The van der Waals surface area contributed by atoms with Crippen molar-refractivity contribution in [3.8, 4) is 5.75 Å². The van der Waals surface area contributed by atoms with Gasteiger partial charge in [-0.15, -0.1) is 0 Å². The van der Waals surface area contributed by atoms with Crippen LogP contribution in [0.1, 0.15) is 51.1 Å². The van der Waals surface area contributed by atoms with Crippen LogP contribution in [0.15, 0.2) is 24.3 Å². The molecule has 0 radical (unpaired) electrons. The molecule has 8 heteroatoms. The summed E-state index contributed by atoms with van der Waals surface area (Å²) in [5.74, 6) is 0.0719. The molecule has 1 heterocycles. The Morgan fingerprint density at radius 1 is 1.33 bits per heavy atom. The number of benzene rings is 1. The van der Waals surface area contributed by atoms with Crippen molar-refractivity contribution in [2.45, 2.75) is 52.2 Å². The standard InChI is InChI=1S/C19H28N4O3Se/c1-6-8-14(17(24)26-19(2,3)4)15(20)16-22-23-18(27-16)21-12-9-7-10-13(11-12)25-5/h7,9-11,14-15H,6,8,20H2,1-5H3,(H,21,23). The zero-order valence-corrected chi connectivity index (χ0v) is 18.2. The molecular formula is C19H28N4O3Se. The van der Waals surface area contributed by atoms with Gasteiger partial charge in [-0.25, -0.2) is 0 Å². The topological polar surface area (TPSA) is 99.4 Å². The van der Waals surface area contributed by atoms with Crippen LogP contribution < -0.4 is 15.8 Å². The Balaban J connectivity index is 2.12. The van der Waals surface area contributed by atoms with Gasteiger partial charge in [0.25, 0.3) is 0 Å². The third-order valence-corrected chi connectivity index (χ3v) is 5.76. The van der Waals surface area contributed by atoms with Gasteiger partial charge in [0.15, 0.2) is 0 Å². The van der Waals surface area contributed by atoms with Gasteiger partial charge in [0.1, 0.15) is 0 Å². The van der Waals surface area contributed by atoms with Crippen LogP contribution in [-0.2, 0) is 9.53 Å². The van der Waals surface area contributed by atoms with Gasteiger partial charge in [-0.1, -0.05) is 0 Å². The van der Waals surface area contributed by atoms with Gasteiger partial charge < -0.3 is 0 Å². The van der Waals surface area contributed by atoms with Crippen molar-refractivity contribution in [1.82, 2.24) is 10.2 Å². The molecule has 1 aromatic heterocycles. The van der Waals surface area contributed by atoms with E-state index in [2.05, 4.69) is 15.5 Å². The number of ether oxygens (including phenoxy) is 2. The molecule has 0 saturated carbocycles. The SMILES string of the molecule is CCCC(C(=O)OC(C)(C)C)C(N)c1nnc(Nc2cccc(OC)c2)[se]1. The summed E-state index contributed by atoms with van der Waals surface area (Å²) in [5, 5.41) is 11.7. The fraction of sp³-hybridized carbons (Fsp3) is 0.526. The molecule has 3 N–H and O–H groups in total. The van der Waals surface area contributed by atoms with E-state index in [0.29, 0.717) is 6.42 Å². The van der Waals surface area contributed by atoms with E-state index < -0.39 is 17.6 Å². The summed E-state index contributed by atoms with van der Waals surface area (Å²) in [4.78, 5) is 12.6. The van der Waals surface area contributed by atoms with E-state index in [0.717, 1.165) is 27.1 Å². The summed E-state index contributed by atoms with van der Waals surface area (Å²) < 4.78 is 12.3. The molecule has 2 unspecified atom stereocenters. The summed E-state index contributed by atoms with van der Waals surface area (Å²) in [7, 11) is 1.63. The van der Waals surface area contributed by atoms with Gasteiger partial charge in [-0.05, 0) is 0 Å². The second-order valence-corrected chi connectivity index (χ2v) is 9.37. The second-order valence-electron chi connectivity index (χ2n) is 7.26. The number of nitrogens with zero attached hydrogens (tertiary/aromatic N) is 2. The Morgan fingerprint density at radius 3 is 2.70 bits per heavy atom. The molecular weight excluding hydrogens is 411 g/mol. The number of esters is 1. The maximum atomic E-state index is 12.6. The molecule has 7 nitrogen and oxygen atoms in total. The van der Waals surface area contributed by atoms with Gasteiger partial charge in [-0.3, -0.25) is 0 Å². The summed E-state index contributed by atoms with van der Waals surface area (Å²) in [6.45, 7) is 7.60. The first-order valence-electron chi connectivity index (χ1n) is 8.96. The van der Waals surface area contributed by atoms with Crippen molar-refractivity contribution in [2.24, 2.45) is 11.7 Å². The Morgan fingerprint density at radius 2 is 2.07 bits per heavy atom. The molecule has 0 bridgehead atoms. The number of nitrogens with two attached hydrogens (primary N) is 1. The fourth-order valence-electron chi connectivity index (χ4n) is 2.55. The van der Waals surface area contributed by atoms with Crippen LogP contribution in [0.5, 0.6) is 5.75 Å². The summed E-state index contributed by atoms with van der Waals surface area (Å²) in [6, 6.07) is 7.10. The Kier molecular flexibility index (Phi) is 7.41. The van der Waals surface area contributed by atoms with E-state index in [9.17, 15) is 4.79 Å². The van der Waals surface area contributed by atoms with Crippen molar-refractivity contribution in [3.63, 3.8) is 0 Å². The molecule has 0 aliphatic heterocycles. The number of hydrogen-bond donors (Lipinski definition) is 2. The van der Waals surface area contributed by atoms with E-state index in [1.165, 1.54) is 0 Å². The fourth-order valence-corrected chi connectivity index (χ4v) is 4.29. The van der Waals surface area contributed by atoms with Crippen molar-refractivity contribution in [1.29, 1.82) is 0 Å². The molecule has 2 atom stereocenters. The molecule has 0 amide bonds. The monoisotopic (exact) mass is 440 g/mol. The number of rotatable bonds is 8. The Labute approximate surface area is 166 Å². The first-order chi connectivity index (χ1) is 12.7. The van der Waals surface area contributed by atoms with Crippen LogP contribution >= 0.6 is 0 Å². The number of carbonyl (C=O) groups excluding carboxylic acids is 1. The minimum atomic E-state index is -0.541. The van der Waals surface area contributed by atoms with Gasteiger partial charge >= 0.3 is 166 Å². The van der Waals surface area contributed by atoms with Gasteiger partial charge in [-0.2, -0.15) is 0 Å². The predicted octanol–water partition coefficient (Wildman–Crippen LogP) is 3.04.